The molecule has 0 fully saturated rings. The first-order valence-electron chi connectivity index (χ1n) is 6.11. The highest BCUT2D eigenvalue weighted by Gasteiger charge is 2.08. The van der Waals surface area contributed by atoms with E-state index in [-0.39, 0.29) is 5.91 Å². The molecule has 0 heterocycles. The molecule has 0 unspecified atom stereocenters. The van der Waals surface area contributed by atoms with Crippen molar-refractivity contribution in [1.82, 2.24) is 0 Å². The fraction of sp³-hybridized carbons (Fsp3) is 0.500. The summed E-state index contributed by atoms with van der Waals surface area (Å²) in [5.74, 6) is 2.10. The van der Waals surface area contributed by atoms with E-state index in [1.165, 1.54) is 5.56 Å². The zero-order chi connectivity index (χ0) is 12.7. The monoisotopic (exact) mass is 251 g/mol. The molecule has 1 aromatic rings. The molecule has 0 saturated carbocycles. The first-order valence-corrected chi connectivity index (χ1v) is 7.27. The lowest BCUT2D eigenvalue weighted by molar-refractivity contribution is -0.113. The van der Waals surface area contributed by atoms with Crippen molar-refractivity contribution in [3.8, 4) is 0 Å². The summed E-state index contributed by atoms with van der Waals surface area (Å²) in [6, 6.07) is 8.01. The van der Waals surface area contributed by atoms with Crippen molar-refractivity contribution in [2.45, 2.75) is 33.1 Å². The topological polar surface area (TPSA) is 29.1 Å². The molecule has 94 valence electrons. The summed E-state index contributed by atoms with van der Waals surface area (Å²) in [5.41, 5.74) is 2.14. The number of hydrogen-bond donors (Lipinski definition) is 1. The Morgan fingerprint density at radius 2 is 2.06 bits per heavy atom. The Morgan fingerprint density at radius 3 is 2.71 bits per heavy atom. The van der Waals surface area contributed by atoms with Crippen LogP contribution in [0.2, 0.25) is 0 Å². The summed E-state index contributed by atoms with van der Waals surface area (Å²) < 4.78 is 0. The molecule has 2 nitrogen and oxygen atoms in total. The standard InChI is InChI=1S/C14H21NOS/c1-4-9-17-10-14(16)15-13-8-6-5-7-12(13)11(2)3/h5-8,11H,4,9-10H2,1-3H3,(H,15,16). The molecule has 17 heavy (non-hydrogen) atoms. The zero-order valence-electron chi connectivity index (χ0n) is 10.8. The van der Waals surface area contributed by atoms with E-state index in [1.807, 2.05) is 18.2 Å². The van der Waals surface area contributed by atoms with Gasteiger partial charge in [-0.2, -0.15) is 11.8 Å². The maximum atomic E-state index is 11.7. The third-order valence-corrected chi connectivity index (χ3v) is 3.60. The number of benzene rings is 1. The van der Waals surface area contributed by atoms with E-state index in [2.05, 4.69) is 32.2 Å². The van der Waals surface area contributed by atoms with Crippen molar-refractivity contribution in [2.75, 3.05) is 16.8 Å². The predicted octanol–water partition coefficient (Wildman–Crippen LogP) is 3.89. The molecule has 0 saturated heterocycles. The molecule has 1 N–H and O–H groups in total. The lowest BCUT2D eigenvalue weighted by Crippen LogP contribution is -2.15. The highest BCUT2D eigenvalue weighted by Crippen LogP contribution is 2.23. The van der Waals surface area contributed by atoms with Gasteiger partial charge in [0.1, 0.15) is 0 Å². The first-order chi connectivity index (χ1) is 8.15. The minimum atomic E-state index is 0.0940. The molecule has 0 bridgehead atoms. The van der Waals surface area contributed by atoms with Gasteiger partial charge in [0.25, 0.3) is 0 Å². The van der Waals surface area contributed by atoms with Crippen LogP contribution in [0.25, 0.3) is 0 Å². The molecule has 0 radical (unpaired) electrons. The Balaban J connectivity index is 2.58. The van der Waals surface area contributed by atoms with E-state index in [0.717, 1.165) is 17.9 Å². The van der Waals surface area contributed by atoms with Gasteiger partial charge in [-0.1, -0.05) is 39.0 Å². The van der Waals surface area contributed by atoms with Gasteiger partial charge in [-0.15, -0.1) is 0 Å². The largest absolute Gasteiger partial charge is 0.325 e. The minimum absolute atomic E-state index is 0.0940. The smallest absolute Gasteiger partial charge is 0.234 e. The van der Waals surface area contributed by atoms with Crippen LogP contribution in [0.15, 0.2) is 24.3 Å². The Morgan fingerprint density at radius 1 is 1.35 bits per heavy atom. The van der Waals surface area contributed by atoms with Crippen molar-refractivity contribution in [2.24, 2.45) is 0 Å². The summed E-state index contributed by atoms with van der Waals surface area (Å²) >= 11 is 1.68. The zero-order valence-corrected chi connectivity index (χ0v) is 11.6. The van der Waals surface area contributed by atoms with Crippen LogP contribution in [0.4, 0.5) is 5.69 Å². The maximum absolute atomic E-state index is 11.7. The van der Waals surface area contributed by atoms with Crippen LogP contribution in [0.5, 0.6) is 0 Å². The van der Waals surface area contributed by atoms with Gasteiger partial charge < -0.3 is 5.32 Å². The maximum Gasteiger partial charge on any atom is 0.234 e. The fourth-order valence-electron chi connectivity index (χ4n) is 1.61. The van der Waals surface area contributed by atoms with Crippen LogP contribution in [-0.4, -0.2) is 17.4 Å². The van der Waals surface area contributed by atoms with Gasteiger partial charge in [0.05, 0.1) is 5.75 Å². The summed E-state index contributed by atoms with van der Waals surface area (Å²) in [4.78, 5) is 11.7. The molecule has 3 heteroatoms. The van der Waals surface area contributed by atoms with Gasteiger partial charge in [0.15, 0.2) is 0 Å². The van der Waals surface area contributed by atoms with Gasteiger partial charge in [0, 0.05) is 5.69 Å². The Bertz CT molecular complexity index is 363. The molecule has 0 aliphatic carbocycles. The number of thioether (sulfide) groups is 1. The number of nitrogens with one attached hydrogen (secondary N) is 1. The predicted molar refractivity (Wildman–Crippen MR) is 76.8 cm³/mol. The van der Waals surface area contributed by atoms with Crippen molar-refractivity contribution in [1.29, 1.82) is 0 Å². The normalized spacial score (nSPS) is 10.6. The summed E-state index contributed by atoms with van der Waals surface area (Å²) in [6.07, 6.45) is 1.11. The number of rotatable bonds is 6. The van der Waals surface area contributed by atoms with Crippen LogP contribution in [0, 0.1) is 0 Å². The Kier molecular flexibility index (Phi) is 6.12. The van der Waals surface area contributed by atoms with Crippen LogP contribution < -0.4 is 5.32 Å². The van der Waals surface area contributed by atoms with Crippen molar-refractivity contribution in [3.05, 3.63) is 29.8 Å². The fourth-order valence-corrected chi connectivity index (χ4v) is 2.30. The average Bonchev–Trinajstić information content (AvgIpc) is 2.29. The molecule has 1 amide bonds. The van der Waals surface area contributed by atoms with Crippen LogP contribution in [-0.2, 0) is 4.79 Å². The van der Waals surface area contributed by atoms with Crippen molar-refractivity contribution >= 4 is 23.4 Å². The Hall–Kier alpha value is -0.960. The second kappa shape index (κ2) is 7.38. The van der Waals surface area contributed by atoms with Crippen LogP contribution in [0.1, 0.15) is 38.7 Å². The van der Waals surface area contributed by atoms with Gasteiger partial charge in [-0.3, -0.25) is 4.79 Å². The highest BCUT2D eigenvalue weighted by molar-refractivity contribution is 7.99. The van der Waals surface area contributed by atoms with E-state index >= 15 is 0 Å². The van der Waals surface area contributed by atoms with E-state index in [1.54, 1.807) is 11.8 Å². The third kappa shape index (κ3) is 4.82. The van der Waals surface area contributed by atoms with Gasteiger partial charge in [0.2, 0.25) is 5.91 Å². The first kappa shape index (κ1) is 14.1. The number of amides is 1. The van der Waals surface area contributed by atoms with Gasteiger partial charge in [-0.05, 0) is 29.7 Å². The second-order valence-electron chi connectivity index (χ2n) is 4.34. The molecule has 0 aromatic heterocycles. The lowest BCUT2D eigenvalue weighted by Gasteiger charge is -2.13. The number of para-hydroxylation sites is 1. The third-order valence-electron chi connectivity index (χ3n) is 2.44. The summed E-state index contributed by atoms with van der Waals surface area (Å²) in [6.45, 7) is 6.40. The van der Waals surface area contributed by atoms with E-state index in [0.29, 0.717) is 11.7 Å². The van der Waals surface area contributed by atoms with Gasteiger partial charge in [-0.25, -0.2) is 0 Å². The quantitative estimate of drug-likeness (QED) is 0.777. The molecule has 0 atom stereocenters. The van der Waals surface area contributed by atoms with E-state index < -0.39 is 0 Å². The second-order valence-corrected chi connectivity index (χ2v) is 5.45. The molecule has 0 spiro atoms. The van der Waals surface area contributed by atoms with Crippen LogP contribution >= 0.6 is 11.8 Å². The van der Waals surface area contributed by atoms with Gasteiger partial charge >= 0.3 is 0 Å². The SMILES string of the molecule is CCCSCC(=O)Nc1ccccc1C(C)C. The lowest BCUT2D eigenvalue weighted by atomic mass is 10.0. The molecule has 0 aliphatic heterocycles. The molecule has 1 aromatic carbocycles. The molecular weight excluding hydrogens is 230 g/mol. The number of carbonyl (C=O) groups is 1. The minimum Gasteiger partial charge on any atom is -0.325 e. The van der Waals surface area contributed by atoms with Crippen LogP contribution in [0.3, 0.4) is 0 Å². The van der Waals surface area contributed by atoms with E-state index in [4.69, 9.17) is 0 Å². The molecule has 0 aliphatic rings. The van der Waals surface area contributed by atoms with Crippen molar-refractivity contribution in [3.63, 3.8) is 0 Å². The molecule has 1 rings (SSSR count). The number of anilines is 1. The summed E-state index contributed by atoms with van der Waals surface area (Å²) in [7, 11) is 0. The number of carbonyl (C=O) groups excluding carboxylic acids is 1. The molecular formula is C14H21NOS. The highest BCUT2D eigenvalue weighted by atomic mass is 32.2. The average molecular weight is 251 g/mol. The summed E-state index contributed by atoms with van der Waals surface area (Å²) in [5, 5.41) is 2.99. The van der Waals surface area contributed by atoms with E-state index in [9.17, 15) is 4.79 Å². The van der Waals surface area contributed by atoms with Crippen molar-refractivity contribution < 1.29 is 4.79 Å². The number of hydrogen-bond acceptors (Lipinski definition) is 2. The Labute approximate surface area is 108 Å².